The molecule has 9 rings (SSSR count). The highest BCUT2D eigenvalue weighted by Gasteiger charge is 2.65. The van der Waals surface area contributed by atoms with E-state index in [-0.39, 0.29) is 69.0 Å². The third-order valence-corrected chi connectivity index (χ3v) is 13.6. The molecule has 0 saturated heterocycles. The number of carbonyl (C=O) groups is 1. The van der Waals surface area contributed by atoms with Gasteiger partial charge in [-0.05, 0) is 120 Å². The number of non-ortho nitro benzene ring substituents is 1. The molecule has 5 aromatic rings. The smallest absolute Gasteiger partial charge is 0.269 e. The van der Waals surface area contributed by atoms with Gasteiger partial charge in [0.2, 0.25) is 12.6 Å². The lowest BCUT2D eigenvalue weighted by atomic mass is 9.55. The first kappa shape index (κ1) is 45.4. The van der Waals surface area contributed by atoms with Crippen LogP contribution in [0.2, 0.25) is 0 Å². The van der Waals surface area contributed by atoms with Crippen molar-refractivity contribution in [2.75, 3.05) is 33.7 Å². The van der Waals surface area contributed by atoms with E-state index in [1.54, 1.807) is 48.4 Å². The summed E-state index contributed by atoms with van der Waals surface area (Å²) in [5, 5.41) is 38.4. The maximum absolute atomic E-state index is 14.8. The van der Waals surface area contributed by atoms with E-state index in [2.05, 4.69) is 30.9 Å². The summed E-state index contributed by atoms with van der Waals surface area (Å²) in [6.45, 7) is 4.37. The van der Waals surface area contributed by atoms with Crippen molar-refractivity contribution in [2.45, 2.75) is 69.3 Å². The van der Waals surface area contributed by atoms with Crippen molar-refractivity contribution in [1.82, 2.24) is 4.90 Å². The predicted octanol–water partition coefficient (Wildman–Crippen LogP) is 9.88. The molecule has 1 fully saturated rings. The van der Waals surface area contributed by atoms with Crippen LogP contribution in [0.15, 0.2) is 133 Å². The summed E-state index contributed by atoms with van der Waals surface area (Å²) in [5.74, 6) is 0.364. The lowest BCUT2D eigenvalue weighted by Gasteiger charge is -2.59. The number of hydrogen-bond acceptors (Lipinski definition) is 12. The Kier molecular flexibility index (Phi) is 13.6. The molecule has 0 aromatic heterocycles. The van der Waals surface area contributed by atoms with E-state index in [4.69, 9.17) is 33.7 Å². The number of aliphatic hydroxyl groups is 2. The minimum atomic E-state index is -1.47. The van der Waals surface area contributed by atoms with Crippen LogP contribution >= 0.6 is 0 Å². The Labute approximate surface area is 389 Å². The van der Waals surface area contributed by atoms with E-state index in [1.807, 2.05) is 42.5 Å². The van der Waals surface area contributed by atoms with E-state index in [0.29, 0.717) is 58.4 Å². The van der Waals surface area contributed by atoms with E-state index in [1.165, 1.54) is 12.1 Å². The molecule has 14 nitrogen and oxygen atoms in total. The van der Waals surface area contributed by atoms with E-state index in [9.17, 15) is 25.1 Å². The molecule has 1 saturated carbocycles. The van der Waals surface area contributed by atoms with Gasteiger partial charge in [0.05, 0.1) is 23.2 Å². The fraction of sp³-hybridized carbons (Fsp3) is 0.358. The molecule has 2 aliphatic carbocycles. The van der Waals surface area contributed by atoms with Crippen LogP contribution in [0.4, 0.5) is 5.69 Å². The Morgan fingerprint density at radius 3 is 2.40 bits per heavy atom. The Hall–Kier alpha value is -6.74. The summed E-state index contributed by atoms with van der Waals surface area (Å²) >= 11 is 0. The highest BCUT2D eigenvalue weighted by Crippen LogP contribution is 2.62. The second kappa shape index (κ2) is 20.0. The van der Waals surface area contributed by atoms with Gasteiger partial charge >= 0.3 is 0 Å². The molecule has 5 aromatic carbocycles. The van der Waals surface area contributed by atoms with Crippen LogP contribution in [0.1, 0.15) is 72.3 Å². The first-order valence-electron chi connectivity index (χ1n) is 23.0. The molecule has 67 heavy (non-hydrogen) atoms. The maximum Gasteiger partial charge on any atom is 0.269 e. The third-order valence-electron chi connectivity index (χ3n) is 13.6. The highest BCUT2D eigenvalue weighted by molar-refractivity contribution is 6.03. The number of oxime groups is 1. The van der Waals surface area contributed by atoms with Crippen LogP contribution in [-0.2, 0) is 16.2 Å². The number of nitrogens with zero attached hydrogens (tertiary/aromatic N) is 3. The Morgan fingerprint density at radius 2 is 1.63 bits per heavy atom. The van der Waals surface area contributed by atoms with Gasteiger partial charge < -0.3 is 43.6 Å². The number of carbonyl (C=O) groups excluding carboxylic acids is 1. The highest BCUT2D eigenvalue weighted by atomic mass is 16.7. The van der Waals surface area contributed by atoms with Crippen molar-refractivity contribution in [3.8, 4) is 28.7 Å². The first-order valence-corrected chi connectivity index (χ1v) is 23.0. The Morgan fingerprint density at radius 1 is 0.896 bits per heavy atom. The number of hydrogen-bond donors (Lipinski definition) is 2. The molecule has 14 heteroatoms. The first-order chi connectivity index (χ1) is 32.7. The zero-order valence-corrected chi connectivity index (χ0v) is 37.5. The van der Waals surface area contributed by atoms with Gasteiger partial charge in [0.15, 0.2) is 11.5 Å². The molecule has 2 N–H and O–H groups in total. The minimum absolute atomic E-state index is 0.000151. The van der Waals surface area contributed by atoms with Crippen LogP contribution in [0.25, 0.3) is 10.8 Å². The number of benzene rings is 5. The molecular weight excluding hydrogens is 855 g/mol. The van der Waals surface area contributed by atoms with Crippen LogP contribution in [0, 0.1) is 27.9 Å². The van der Waals surface area contributed by atoms with Crippen molar-refractivity contribution < 1.29 is 48.5 Å². The fourth-order valence-corrected chi connectivity index (χ4v) is 10.4. The minimum Gasteiger partial charge on any atom is -0.459 e. The lowest BCUT2D eigenvalue weighted by molar-refractivity contribution is -0.384. The van der Waals surface area contributed by atoms with Gasteiger partial charge in [-0.15, -0.1) is 6.58 Å². The zero-order chi connectivity index (χ0) is 46.5. The number of ether oxygens (including phenoxy) is 5. The molecule has 6 atom stereocenters. The van der Waals surface area contributed by atoms with Crippen molar-refractivity contribution in [1.29, 1.82) is 0 Å². The second-order valence-electron chi connectivity index (χ2n) is 17.6. The van der Waals surface area contributed by atoms with Gasteiger partial charge in [0.25, 0.3) is 11.6 Å². The van der Waals surface area contributed by atoms with E-state index < -0.39 is 22.7 Å². The molecule has 6 unspecified atom stereocenters. The normalized spacial score (nSPS) is 22.8. The summed E-state index contributed by atoms with van der Waals surface area (Å²) in [6.07, 6.45) is 8.49. The second-order valence-corrected chi connectivity index (χ2v) is 17.6. The third kappa shape index (κ3) is 9.21. The van der Waals surface area contributed by atoms with Gasteiger partial charge in [0, 0.05) is 55.9 Å². The number of rotatable bonds is 19. The fourth-order valence-electron chi connectivity index (χ4n) is 10.4. The van der Waals surface area contributed by atoms with Crippen LogP contribution in [0.5, 0.6) is 28.7 Å². The van der Waals surface area contributed by atoms with Gasteiger partial charge in [-0.1, -0.05) is 60.5 Å². The Bertz CT molecular complexity index is 2680. The summed E-state index contributed by atoms with van der Waals surface area (Å²) in [7, 11) is 1.74. The van der Waals surface area contributed by atoms with E-state index in [0.717, 1.165) is 47.6 Å². The molecular formula is C53H55N3O11. The molecule has 0 spiro atoms. The molecule has 4 aliphatic rings. The lowest BCUT2D eigenvalue weighted by Crippen LogP contribution is -2.69. The van der Waals surface area contributed by atoms with Crippen LogP contribution in [-0.4, -0.2) is 77.1 Å². The number of likely N-dealkylation sites (N-methyl/N-ethyl adjacent to an activating group) is 1. The summed E-state index contributed by atoms with van der Waals surface area (Å²) in [4.78, 5) is 33.6. The molecule has 0 radical (unpaired) electrons. The van der Waals surface area contributed by atoms with Gasteiger partial charge in [-0.2, -0.15) is 0 Å². The molecule has 2 heterocycles. The van der Waals surface area contributed by atoms with Crippen LogP contribution < -0.4 is 18.9 Å². The quantitative estimate of drug-likeness (QED) is 0.0350. The number of nitro benzene ring substituents is 1. The van der Waals surface area contributed by atoms with E-state index >= 15 is 0 Å². The number of aliphatic hydroxyl groups excluding tert-OH is 2. The van der Waals surface area contributed by atoms with Crippen molar-refractivity contribution in [3.63, 3.8) is 0 Å². The molecule has 1 amide bonds. The van der Waals surface area contributed by atoms with Crippen molar-refractivity contribution in [3.05, 3.63) is 154 Å². The monoisotopic (exact) mass is 909 g/mol. The topological polar surface area (TPSA) is 172 Å². The summed E-state index contributed by atoms with van der Waals surface area (Å²) in [5.41, 5.74) is 3.45. The average Bonchev–Trinajstić information content (AvgIpc) is 3.83. The maximum atomic E-state index is 14.8. The van der Waals surface area contributed by atoms with Gasteiger partial charge in [0.1, 0.15) is 29.9 Å². The standard InChI is InChI=1S/C53H55N3O11/c1-3-26-64-53-49(55(2)52(59)38-17-22-47-48(29-38)63-33-62-47)31-45(54-65-32-34-14-18-39(19-15-34)56(60)61)43-28-37(12-6-8-24-57)42(13-7-9-25-58)50(51(43)53)44-30-41(21-23-46(44)67-53)66-40-20-16-35-10-4-5-11-36(35)27-40/h3-5,10-11,14-23,27-30,37,42,49-51,57-58H,1,6-9,12-13,24-26,31-33H2,2H3. The largest absolute Gasteiger partial charge is 0.459 e. The molecule has 0 bridgehead atoms. The van der Waals surface area contributed by atoms with Gasteiger partial charge in [-0.3, -0.25) is 14.9 Å². The number of unbranched alkanes of at least 4 members (excludes halogenated alkanes) is 2. The number of amides is 1. The van der Waals surface area contributed by atoms with Crippen LogP contribution in [0.3, 0.4) is 0 Å². The zero-order valence-electron chi connectivity index (χ0n) is 37.5. The van der Waals surface area contributed by atoms with Crippen molar-refractivity contribution in [2.24, 2.45) is 22.9 Å². The molecule has 348 valence electrons. The number of allylic oxidation sites excluding steroid dienone is 1. The summed E-state index contributed by atoms with van der Waals surface area (Å²) in [6, 6.07) is 30.5. The number of nitro groups is 1. The Balaban J connectivity index is 1.19. The molecule has 2 aliphatic heterocycles. The van der Waals surface area contributed by atoms with Gasteiger partial charge in [-0.25, -0.2) is 0 Å². The summed E-state index contributed by atoms with van der Waals surface area (Å²) < 4.78 is 32.3. The number of fused-ring (bicyclic) bond motifs is 4. The average molecular weight is 910 g/mol. The SMILES string of the molecule is C=CCOC12Oc3ccc(Oc4ccc5ccccc5c4)cc3C3C(CCCCO)C(CCCCO)C=C(C(=NOCc4ccc([N+](=O)[O-])cc4)CC1N(C)C(=O)c1ccc4c(c1)OCO4)C32. The van der Waals surface area contributed by atoms with Crippen molar-refractivity contribution >= 4 is 28.1 Å². The predicted molar refractivity (Wildman–Crippen MR) is 252 cm³/mol.